The van der Waals surface area contributed by atoms with Gasteiger partial charge in [-0.2, -0.15) is 0 Å². The summed E-state index contributed by atoms with van der Waals surface area (Å²) in [6.07, 6.45) is 1.84. The molecule has 1 aliphatic rings. The topological polar surface area (TPSA) is 95.7 Å². The minimum Gasteiger partial charge on any atom is -0.393 e. The summed E-state index contributed by atoms with van der Waals surface area (Å²) in [6, 6.07) is -1.24. The minimum atomic E-state index is -0.675. The van der Waals surface area contributed by atoms with E-state index >= 15 is 0 Å². The van der Waals surface area contributed by atoms with Crippen LogP contribution in [0.1, 0.15) is 33.1 Å². The normalized spacial score (nSPS) is 23.6. The van der Waals surface area contributed by atoms with Crippen LogP contribution < -0.4 is 11.1 Å². The van der Waals surface area contributed by atoms with Gasteiger partial charge in [0.15, 0.2) is 0 Å². The highest BCUT2D eigenvalue weighted by Crippen LogP contribution is 2.27. The third-order valence-electron chi connectivity index (χ3n) is 3.44. The van der Waals surface area contributed by atoms with Crippen LogP contribution in [0, 0.1) is 11.8 Å². The number of hydrogen-bond donors (Lipinski definition) is 3. The maximum atomic E-state index is 12.3. The number of nitrogens with one attached hydrogen (secondary N) is 1. The average molecular weight is 271 g/mol. The van der Waals surface area contributed by atoms with E-state index in [-0.39, 0.29) is 12.0 Å². The molecule has 1 saturated carbocycles. The number of carbonyl (C=O) groups is 2. The molecule has 1 fully saturated rings. The smallest absolute Gasteiger partial charge is 0.312 e. The monoisotopic (exact) mass is 271 g/mol. The molecule has 6 nitrogen and oxygen atoms in total. The maximum absolute atomic E-state index is 12.3. The van der Waals surface area contributed by atoms with Crippen LogP contribution in [0.15, 0.2) is 0 Å². The van der Waals surface area contributed by atoms with Gasteiger partial charge in [-0.15, -0.1) is 0 Å². The molecule has 1 unspecified atom stereocenters. The number of amides is 3. The van der Waals surface area contributed by atoms with Crippen LogP contribution in [0.3, 0.4) is 0 Å². The van der Waals surface area contributed by atoms with Crippen molar-refractivity contribution in [3.05, 3.63) is 0 Å². The zero-order valence-electron chi connectivity index (χ0n) is 11.9. The molecule has 19 heavy (non-hydrogen) atoms. The Balaban J connectivity index is 2.51. The molecule has 3 amide bonds. The molecular weight excluding hydrogens is 246 g/mol. The fourth-order valence-electron chi connectivity index (χ4n) is 2.46. The summed E-state index contributed by atoms with van der Waals surface area (Å²) in [6.45, 7) is 4.60. The maximum Gasteiger partial charge on any atom is 0.312 e. The van der Waals surface area contributed by atoms with E-state index in [0.717, 1.165) is 12.8 Å². The molecule has 0 bridgehead atoms. The number of primary amides is 1. The fraction of sp³-hybridized carbons (Fsp3) is 0.846. The Morgan fingerprint density at radius 3 is 2.42 bits per heavy atom. The highest BCUT2D eigenvalue weighted by atomic mass is 16.3. The SMILES string of the molecule is CC(C)CC(NC(N)=O)C(=O)N(C)CC1CC(O)C1. The van der Waals surface area contributed by atoms with Crippen molar-refractivity contribution in [1.82, 2.24) is 10.2 Å². The Kier molecular flexibility index (Phi) is 5.60. The molecule has 0 aromatic rings. The average Bonchev–Trinajstić information content (AvgIpc) is 2.23. The molecule has 1 atom stereocenters. The summed E-state index contributed by atoms with van der Waals surface area (Å²) < 4.78 is 0. The number of urea groups is 1. The van der Waals surface area contributed by atoms with Crippen LogP contribution in [0.2, 0.25) is 0 Å². The Bertz CT molecular complexity index is 327. The predicted molar refractivity (Wildman–Crippen MR) is 72.3 cm³/mol. The van der Waals surface area contributed by atoms with Crippen molar-refractivity contribution in [3.8, 4) is 0 Å². The molecular formula is C13H25N3O3. The van der Waals surface area contributed by atoms with Crippen LogP contribution in [0.4, 0.5) is 4.79 Å². The van der Waals surface area contributed by atoms with Crippen molar-refractivity contribution >= 4 is 11.9 Å². The summed E-state index contributed by atoms with van der Waals surface area (Å²) in [5.41, 5.74) is 5.11. The lowest BCUT2D eigenvalue weighted by Gasteiger charge is -2.35. The van der Waals surface area contributed by atoms with Gasteiger partial charge in [-0.25, -0.2) is 4.79 Å². The summed E-state index contributed by atoms with van der Waals surface area (Å²) in [5, 5.41) is 11.7. The summed E-state index contributed by atoms with van der Waals surface area (Å²) in [5.74, 6) is 0.533. The van der Waals surface area contributed by atoms with E-state index in [0.29, 0.717) is 24.8 Å². The van der Waals surface area contributed by atoms with Gasteiger partial charge in [-0.3, -0.25) is 4.79 Å². The van der Waals surface area contributed by atoms with Gasteiger partial charge in [0.25, 0.3) is 0 Å². The molecule has 1 aliphatic carbocycles. The Hall–Kier alpha value is -1.30. The van der Waals surface area contributed by atoms with E-state index < -0.39 is 12.1 Å². The lowest BCUT2D eigenvalue weighted by atomic mass is 9.82. The van der Waals surface area contributed by atoms with Crippen molar-refractivity contribution in [2.24, 2.45) is 17.6 Å². The van der Waals surface area contributed by atoms with E-state index in [1.165, 1.54) is 0 Å². The molecule has 6 heteroatoms. The number of rotatable bonds is 6. The molecule has 0 spiro atoms. The van der Waals surface area contributed by atoms with Gasteiger partial charge in [-0.1, -0.05) is 13.8 Å². The van der Waals surface area contributed by atoms with E-state index in [1.807, 2.05) is 13.8 Å². The standard InChI is InChI=1S/C13H25N3O3/c1-8(2)4-11(15-13(14)19)12(18)16(3)7-9-5-10(17)6-9/h8-11,17H,4-7H2,1-3H3,(H3,14,15,19). The van der Waals surface area contributed by atoms with Gasteiger partial charge < -0.3 is 21.1 Å². The number of carbonyl (C=O) groups excluding carboxylic acids is 2. The number of aliphatic hydroxyl groups excluding tert-OH is 1. The number of hydrogen-bond acceptors (Lipinski definition) is 3. The molecule has 0 heterocycles. The van der Waals surface area contributed by atoms with E-state index in [2.05, 4.69) is 5.32 Å². The predicted octanol–water partition coefficient (Wildman–Crippen LogP) is 0.299. The second kappa shape index (κ2) is 6.75. The van der Waals surface area contributed by atoms with Crippen molar-refractivity contribution in [2.75, 3.05) is 13.6 Å². The van der Waals surface area contributed by atoms with Gasteiger partial charge in [0.05, 0.1) is 6.10 Å². The minimum absolute atomic E-state index is 0.117. The van der Waals surface area contributed by atoms with Crippen molar-refractivity contribution < 1.29 is 14.7 Å². The first-order valence-electron chi connectivity index (χ1n) is 6.78. The molecule has 1 rings (SSSR count). The van der Waals surface area contributed by atoms with Crippen LogP contribution in [-0.4, -0.2) is 47.7 Å². The van der Waals surface area contributed by atoms with Crippen molar-refractivity contribution in [3.63, 3.8) is 0 Å². The Morgan fingerprint density at radius 1 is 1.42 bits per heavy atom. The van der Waals surface area contributed by atoms with E-state index in [9.17, 15) is 14.7 Å². The third-order valence-corrected chi connectivity index (χ3v) is 3.44. The van der Waals surface area contributed by atoms with Crippen molar-refractivity contribution in [2.45, 2.75) is 45.3 Å². The van der Waals surface area contributed by atoms with Gasteiger partial charge in [-0.05, 0) is 31.1 Å². The number of likely N-dealkylation sites (N-methyl/N-ethyl adjacent to an activating group) is 1. The number of nitrogens with two attached hydrogens (primary N) is 1. The highest BCUT2D eigenvalue weighted by Gasteiger charge is 2.31. The van der Waals surface area contributed by atoms with Gasteiger partial charge in [0, 0.05) is 13.6 Å². The first-order valence-corrected chi connectivity index (χ1v) is 6.78. The first kappa shape index (κ1) is 15.8. The second-order valence-corrected chi connectivity index (χ2v) is 5.90. The zero-order valence-corrected chi connectivity index (χ0v) is 11.9. The zero-order chi connectivity index (χ0) is 14.6. The van der Waals surface area contributed by atoms with Crippen LogP contribution >= 0.6 is 0 Å². The fourth-order valence-corrected chi connectivity index (χ4v) is 2.46. The number of aliphatic hydroxyl groups is 1. The van der Waals surface area contributed by atoms with Crippen LogP contribution in [0.25, 0.3) is 0 Å². The quantitative estimate of drug-likeness (QED) is 0.648. The number of nitrogens with zero attached hydrogens (tertiary/aromatic N) is 1. The lowest BCUT2D eigenvalue weighted by Crippen LogP contribution is -2.51. The summed E-state index contributed by atoms with van der Waals surface area (Å²) in [7, 11) is 1.73. The molecule has 4 N–H and O–H groups in total. The molecule has 0 saturated heterocycles. The molecule has 0 radical (unpaired) electrons. The Labute approximate surface area is 114 Å². The van der Waals surface area contributed by atoms with Gasteiger partial charge >= 0.3 is 6.03 Å². The van der Waals surface area contributed by atoms with Crippen molar-refractivity contribution in [1.29, 1.82) is 0 Å². The first-order chi connectivity index (χ1) is 8.79. The largest absolute Gasteiger partial charge is 0.393 e. The van der Waals surface area contributed by atoms with E-state index in [4.69, 9.17) is 5.73 Å². The molecule has 0 aromatic heterocycles. The van der Waals surface area contributed by atoms with Gasteiger partial charge in [0.1, 0.15) is 6.04 Å². The lowest BCUT2D eigenvalue weighted by molar-refractivity contribution is -0.133. The van der Waals surface area contributed by atoms with E-state index in [1.54, 1.807) is 11.9 Å². The summed E-state index contributed by atoms with van der Waals surface area (Å²) in [4.78, 5) is 24.8. The molecule has 110 valence electrons. The third kappa shape index (κ3) is 5.06. The second-order valence-electron chi connectivity index (χ2n) is 5.90. The van der Waals surface area contributed by atoms with Gasteiger partial charge in [0.2, 0.25) is 5.91 Å². The molecule has 0 aliphatic heterocycles. The van der Waals surface area contributed by atoms with Crippen LogP contribution in [0.5, 0.6) is 0 Å². The highest BCUT2D eigenvalue weighted by molar-refractivity contribution is 5.86. The van der Waals surface area contributed by atoms with Crippen LogP contribution in [-0.2, 0) is 4.79 Å². The molecule has 0 aromatic carbocycles. The Morgan fingerprint density at radius 2 is 2.00 bits per heavy atom. The summed E-state index contributed by atoms with van der Waals surface area (Å²) >= 11 is 0.